The van der Waals surface area contributed by atoms with Crippen molar-refractivity contribution in [2.75, 3.05) is 6.54 Å². The van der Waals surface area contributed by atoms with Crippen molar-refractivity contribution in [3.05, 3.63) is 102 Å². The predicted octanol–water partition coefficient (Wildman–Crippen LogP) is 4.98. The van der Waals surface area contributed by atoms with Gasteiger partial charge in [0.2, 0.25) is 23.6 Å². The molecule has 0 saturated carbocycles. The first-order valence-electron chi connectivity index (χ1n) is 20.2. The summed E-state index contributed by atoms with van der Waals surface area (Å²) in [4.78, 5) is 81.8. The van der Waals surface area contributed by atoms with Gasteiger partial charge in [-0.15, -0.1) is 0 Å². The molecule has 1 saturated heterocycles. The molecule has 0 aliphatic carbocycles. The zero-order chi connectivity index (χ0) is 43.1. The fourth-order valence-electron chi connectivity index (χ4n) is 6.45. The van der Waals surface area contributed by atoms with Gasteiger partial charge in [-0.1, -0.05) is 86.6 Å². The van der Waals surface area contributed by atoms with Crippen molar-refractivity contribution in [2.45, 2.75) is 123 Å². The zero-order valence-corrected chi connectivity index (χ0v) is 35.1. The number of hydrogen-bond acceptors (Lipinski definition) is 9. The van der Waals surface area contributed by atoms with Crippen molar-refractivity contribution in [1.29, 1.82) is 0 Å². The number of rotatable bonds is 18. The van der Waals surface area contributed by atoms with Gasteiger partial charge in [0.15, 0.2) is 0 Å². The maximum absolute atomic E-state index is 13.8. The summed E-state index contributed by atoms with van der Waals surface area (Å²) in [5.41, 5.74) is 1.72. The summed E-state index contributed by atoms with van der Waals surface area (Å²) in [5.74, 6) is -2.22. The maximum atomic E-state index is 13.8. The Morgan fingerprint density at radius 3 is 1.90 bits per heavy atom. The van der Waals surface area contributed by atoms with E-state index in [1.807, 2.05) is 74.5 Å². The largest absolute Gasteiger partial charge is 0.489 e. The van der Waals surface area contributed by atoms with Crippen molar-refractivity contribution in [2.24, 2.45) is 5.92 Å². The van der Waals surface area contributed by atoms with Crippen molar-refractivity contribution >= 4 is 35.7 Å². The van der Waals surface area contributed by atoms with E-state index in [-0.39, 0.29) is 18.9 Å². The number of benzene rings is 3. The molecule has 4 rings (SSSR count). The third-order valence-electron chi connectivity index (χ3n) is 9.47. The minimum absolute atomic E-state index is 0.0264. The Kier molecular flexibility index (Phi) is 16.9. The Bertz CT molecular complexity index is 1870. The highest BCUT2D eigenvalue weighted by Gasteiger charge is 2.39. The van der Waals surface area contributed by atoms with Crippen LogP contribution in [-0.4, -0.2) is 82.9 Å². The fraction of sp³-hybridized carbons (Fsp3) is 0.467. The van der Waals surface area contributed by atoms with Gasteiger partial charge in [0.05, 0.1) is 0 Å². The molecule has 14 heteroatoms. The average Bonchev–Trinajstić information content (AvgIpc) is 3.69. The second-order valence-electron chi connectivity index (χ2n) is 16.3. The second-order valence-corrected chi connectivity index (χ2v) is 16.3. The van der Waals surface area contributed by atoms with Crippen LogP contribution in [0.4, 0.5) is 4.79 Å². The summed E-state index contributed by atoms with van der Waals surface area (Å²) in [6, 6.07) is 20.9. The normalized spacial score (nSPS) is 15.9. The number of nitrogens with zero attached hydrogens (tertiary/aromatic N) is 1. The molecule has 0 unspecified atom stereocenters. The molecule has 59 heavy (non-hydrogen) atoms. The van der Waals surface area contributed by atoms with Crippen LogP contribution in [-0.2, 0) is 53.1 Å². The number of esters is 1. The summed E-state index contributed by atoms with van der Waals surface area (Å²) < 4.78 is 16.7. The molecule has 0 aromatic heterocycles. The minimum atomic E-state index is -1.15. The molecule has 3 aromatic carbocycles. The second kappa shape index (κ2) is 21.7. The van der Waals surface area contributed by atoms with E-state index in [0.717, 1.165) is 11.1 Å². The Morgan fingerprint density at radius 1 is 0.695 bits per heavy atom. The van der Waals surface area contributed by atoms with E-state index in [1.165, 1.54) is 18.7 Å². The Morgan fingerprint density at radius 2 is 1.31 bits per heavy atom. The highest BCUT2D eigenvalue weighted by atomic mass is 16.6. The van der Waals surface area contributed by atoms with Crippen molar-refractivity contribution < 1.29 is 43.0 Å². The molecule has 1 aliphatic heterocycles. The van der Waals surface area contributed by atoms with Gasteiger partial charge in [-0.25, -0.2) is 9.59 Å². The molecule has 5 atom stereocenters. The number of hydrogen-bond donors (Lipinski definition) is 4. The van der Waals surface area contributed by atoms with Crippen LogP contribution in [0, 0.1) is 5.92 Å². The lowest BCUT2D eigenvalue weighted by Gasteiger charge is -2.30. The van der Waals surface area contributed by atoms with Crippen molar-refractivity contribution in [1.82, 2.24) is 26.2 Å². The Hall–Kier alpha value is -5.92. The quantitative estimate of drug-likeness (QED) is 0.129. The lowest BCUT2D eigenvalue weighted by Crippen LogP contribution is -2.58. The molecule has 0 bridgehead atoms. The van der Waals surface area contributed by atoms with Gasteiger partial charge in [0.25, 0.3) is 0 Å². The topological polar surface area (TPSA) is 181 Å². The molecule has 5 amide bonds. The summed E-state index contributed by atoms with van der Waals surface area (Å²) >= 11 is 0. The van der Waals surface area contributed by atoms with Gasteiger partial charge < -0.3 is 40.4 Å². The number of ether oxygens (including phenoxy) is 3. The molecule has 4 N–H and O–H groups in total. The molecule has 1 fully saturated rings. The molecule has 1 aliphatic rings. The van der Waals surface area contributed by atoms with E-state index < -0.39 is 71.5 Å². The number of likely N-dealkylation sites (tertiary alicyclic amines) is 1. The van der Waals surface area contributed by atoms with Crippen molar-refractivity contribution in [3.8, 4) is 5.75 Å². The Labute approximate surface area is 347 Å². The van der Waals surface area contributed by atoms with E-state index in [9.17, 15) is 28.8 Å². The van der Waals surface area contributed by atoms with Gasteiger partial charge in [0, 0.05) is 13.0 Å². The standard InChI is InChI=1S/C45H59N5O9/c1-29(2)25-37(49-44(56)59-45(5,6)7)42(54)50-24-14-19-38(50)41(53)46-30(3)39(51)48-36(40(52)47-31(4)43(55)58-28-34-17-12-9-13-18-34)26-32-20-22-35(23-21-32)57-27-33-15-10-8-11-16-33/h8-13,15-18,20-23,29-31,36-38H,14,19,24-28H2,1-7H3,(H,46,53)(H,47,52)(H,48,51)(H,49,56)/t30-,31-,36+,37-,38+/m1/s1. The lowest BCUT2D eigenvalue weighted by molar-refractivity contribution is -0.148. The molecule has 3 aromatic rings. The van der Waals surface area contributed by atoms with Crippen molar-refractivity contribution in [3.63, 3.8) is 0 Å². The van der Waals surface area contributed by atoms with Crippen LogP contribution in [0.5, 0.6) is 5.75 Å². The third kappa shape index (κ3) is 15.1. The molecule has 318 valence electrons. The van der Waals surface area contributed by atoms with E-state index in [2.05, 4.69) is 21.3 Å². The van der Waals surface area contributed by atoms with Gasteiger partial charge in [-0.3, -0.25) is 19.2 Å². The van der Waals surface area contributed by atoms with Crippen LogP contribution in [0.25, 0.3) is 0 Å². The number of carbonyl (C=O) groups is 6. The lowest BCUT2D eigenvalue weighted by atomic mass is 10.0. The summed E-state index contributed by atoms with van der Waals surface area (Å²) in [5, 5.41) is 10.8. The van der Waals surface area contributed by atoms with Crippen LogP contribution in [0.1, 0.15) is 84.4 Å². The highest BCUT2D eigenvalue weighted by Crippen LogP contribution is 2.22. The maximum Gasteiger partial charge on any atom is 0.408 e. The zero-order valence-electron chi connectivity index (χ0n) is 35.1. The van der Waals surface area contributed by atoms with Crippen LogP contribution in [0.15, 0.2) is 84.9 Å². The fourth-order valence-corrected chi connectivity index (χ4v) is 6.45. The van der Waals surface area contributed by atoms with E-state index in [0.29, 0.717) is 43.7 Å². The van der Waals surface area contributed by atoms with Gasteiger partial charge >= 0.3 is 12.1 Å². The summed E-state index contributed by atoms with van der Waals surface area (Å²) in [6.07, 6.45) is 0.566. The van der Waals surface area contributed by atoms with Gasteiger partial charge in [-0.05, 0) is 88.6 Å². The van der Waals surface area contributed by atoms with Crippen LogP contribution >= 0.6 is 0 Å². The summed E-state index contributed by atoms with van der Waals surface area (Å²) in [7, 11) is 0. The molecule has 14 nitrogen and oxygen atoms in total. The first kappa shape index (κ1) is 45.8. The van der Waals surface area contributed by atoms with Crippen LogP contribution < -0.4 is 26.0 Å². The first-order chi connectivity index (χ1) is 28.0. The Balaban J connectivity index is 1.42. The number of amides is 5. The molecule has 1 heterocycles. The van der Waals surface area contributed by atoms with E-state index in [1.54, 1.807) is 45.0 Å². The predicted molar refractivity (Wildman–Crippen MR) is 222 cm³/mol. The number of carbonyl (C=O) groups excluding carboxylic acids is 6. The first-order valence-corrected chi connectivity index (χ1v) is 20.2. The highest BCUT2D eigenvalue weighted by molar-refractivity contribution is 5.96. The average molecular weight is 814 g/mol. The van der Waals surface area contributed by atoms with Crippen LogP contribution in [0.3, 0.4) is 0 Å². The number of nitrogens with one attached hydrogen (secondary N) is 4. The molecule has 0 radical (unpaired) electrons. The van der Waals surface area contributed by atoms with E-state index in [4.69, 9.17) is 14.2 Å². The third-order valence-corrected chi connectivity index (χ3v) is 9.47. The molecular weight excluding hydrogens is 755 g/mol. The molecular formula is C45H59N5O9. The SMILES string of the molecule is CC(C)C[C@@H](NC(=O)OC(C)(C)C)C(=O)N1CCC[C@H]1C(=O)N[C@H](C)C(=O)N[C@@H](Cc1ccc(OCc2ccccc2)cc1)C(=O)N[C@H](C)C(=O)OCc1ccccc1. The number of alkyl carbamates (subject to hydrolysis) is 1. The summed E-state index contributed by atoms with van der Waals surface area (Å²) in [6.45, 7) is 12.7. The molecule has 0 spiro atoms. The minimum Gasteiger partial charge on any atom is -0.489 e. The van der Waals surface area contributed by atoms with Crippen LogP contribution in [0.2, 0.25) is 0 Å². The van der Waals surface area contributed by atoms with Gasteiger partial charge in [0.1, 0.15) is 54.8 Å². The smallest absolute Gasteiger partial charge is 0.408 e. The monoisotopic (exact) mass is 813 g/mol. The van der Waals surface area contributed by atoms with Gasteiger partial charge in [-0.2, -0.15) is 0 Å². The van der Waals surface area contributed by atoms with E-state index >= 15 is 0 Å².